The van der Waals surface area contributed by atoms with E-state index >= 15 is 0 Å². The largest absolute Gasteiger partial charge is 0.457 e. The number of aryl methyl sites for hydroxylation is 1. The van der Waals surface area contributed by atoms with Crippen LogP contribution in [-0.4, -0.2) is 18.2 Å². The molecule has 0 radical (unpaired) electrons. The smallest absolute Gasteiger partial charge is 0.270 e. The van der Waals surface area contributed by atoms with Crippen LogP contribution in [0.15, 0.2) is 41.3 Å². The van der Waals surface area contributed by atoms with Crippen molar-refractivity contribution < 1.29 is 9.66 Å². The summed E-state index contributed by atoms with van der Waals surface area (Å²) in [7, 11) is 1.79. The van der Waals surface area contributed by atoms with Gasteiger partial charge in [0.05, 0.1) is 4.92 Å². The van der Waals surface area contributed by atoms with E-state index in [1.54, 1.807) is 24.9 Å². The van der Waals surface area contributed by atoms with Gasteiger partial charge in [-0.3, -0.25) is 10.1 Å². The second-order valence-electron chi connectivity index (χ2n) is 4.81. The maximum absolute atomic E-state index is 10.9. The van der Waals surface area contributed by atoms with E-state index in [4.69, 9.17) is 4.74 Å². The van der Waals surface area contributed by atoms with Crippen molar-refractivity contribution in [3.63, 3.8) is 0 Å². The van der Waals surface area contributed by atoms with Crippen LogP contribution in [0.1, 0.15) is 11.1 Å². The van der Waals surface area contributed by atoms with E-state index < -0.39 is 4.92 Å². The minimum atomic E-state index is -0.402. The van der Waals surface area contributed by atoms with Gasteiger partial charge in [0.1, 0.15) is 11.5 Å². The third-order valence-electron chi connectivity index (χ3n) is 3.22. The number of nitrogens with zero attached hydrogens (tertiary/aromatic N) is 1. The fourth-order valence-electron chi connectivity index (χ4n) is 2.15. The van der Waals surface area contributed by atoms with Gasteiger partial charge in [0.25, 0.3) is 5.69 Å². The molecule has 2 rings (SSSR count). The number of hydrogen-bond acceptors (Lipinski definition) is 5. The zero-order valence-electron chi connectivity index (χ0n) is 12.8. The van der Waals surface area contributed by atoms with Crippen LogP contribution in [0.25, 0.3) is 0 Å². The van der Waals surface area contributed by atoms with Crippen LogP contribution >= 0.6 is 11.8 Å². The van der Waals surface area contributed by atoms with E-state index in [0.29, 0.717) is 12.3 Å². The monoisotopic (exact) mass is 318 g/mol. The topological polar surface area (TPSA) is 64.4 Å². The molecule has 0 aromatic heterocycles. The summed E-state index contributed by atoms with van der Waals surface area (Å²) in [5.41, 5.74) is 1.96. The number of hydrogen-bond donors (Lipinski definition) is 1. The van der Waals surface area contributed by atoms with Crippen molar-refractivity contribution in [3.8, 4) is 11.5 Å². The van der Waals surface area contributed by atoms with Crippen LogP contribution in [0, 0.1) is 17.0 Å². The molecule has 0 bridgehead atoms. The minimum absolute atomic E-state index is 0.0616. The van der Waals surface area contributed by atoms with E-state index in [0.717, 1.165) is 16.9 Å². The van der Waals surface area contributed by atoms with Crippen LogP contribution in [0.4, 0.5) is 5.69 Å². The molecule has 0 fully saturated rings. The Morgan fingerprint density at radius 3 is 2.64 bits per heavy atom. The van der Waals surface area contributed by atoms with Gasteiger partial charge in [0.2, 0.25) is 0 Å². The average Bonchev–Trinajstić information content (AvgIpc) is 2.49. The lowest BCUT2D eigenvalue weighted by molar-refractivity contribution is -0.384. The van der Waals surface area contributed by atoms with Crippen molar-refractivity contribution in [2.45, 2.75) is 18.4 Å². The van der Waals surface area contributed by atoms with Gasteiger partial charge in [-0.15, -0.1) is 11.8 Å². The normalized spacial score (nSPS) is 10.5. The fourth-order valence-corrected chi connectivity index (χ4v) is 2.73. The quantitative estimate of drug-likeness (QED) is 0.493. The average molecular weight is 318 g/mol. The van der Waals surface area contributed by atoms with Crippen molar-refractivity contribution in [1.82, 2.24) is 5.32 Å². The number of nitrogens with one attached hydrogen (secondary N) is 1. The van der Waals surface area contributed by atoms with Gasteiger partial charge in [0.15, 0.2) is 0 Å². The van der Waals surface area contributed by atoms with E-state index in [9.17, 15) is 10.1 Å². The molecule has 6 heteroatoms. The van der Waals surface area contributed by atoms with Gasteiger partial charge in [-0.1, -0.05) is 0 Å². The van der Waals surface area contributed by atoms with E-state index in [-0.39, 0.29) is 5.69 Å². The molecule has 0 unspecified atom stereocenters. The molecule has 5 nitrogen and oxygen atoms in total. The number of thioether (sulfide) groups is 1. The van der Waals surface area contributed by atoms with Gasteiger partial charge in [-0.25, -0.2) is 0 Å². The molecule has 0 spiro atoms. The highest BCUT2D eigenvalue weighted by molar-refractivity contribution is 7.98. The maximum atomic E-state index is 10.9. The van der Waals surface area contributed by atoms with Gasteiger partial charge in [0, 0.05) is 29.1 Å². The second-order valence-corrected chi connectivity index (χ2v) is 5.66. The van der Waals surface area contributed by atoms with Gasteiger partial charge in [-0.05, 0) is 50.1 Å². The predicted molar refractivity (Wildman–Crippen MR) is 88.9 cm³/mol. The van der Waals surface area contributed by atoms with Crippen molar-refractivity contribution in [2.75, 3.05) is 13.3 Å². The molecule has 2 aromatic carbocycles. The molecule has 0 aliphatic rings. The summed E-state index contributed by atoms with van der Waals surface area (Å²) in [5, 5.41) is 13.9. The Morgan fingerprint density at radius 2 is 2.05 bits per heavy atom. The van der Waals surface area contributed by atoms with Gasteiger partial charge < -0.3 is 10.1 Å². The molecule has 2 aromatic rings. The molecular formula is C16H18N2O3S. The Labute approximate surface area is 133 Å². The Bertz CT molecular complexity index is 689. The molecule has 0 saturated heterocycles. The lowest BCUT2D eigenvalue weighted by atomic mass is 10.1. The summed E-state index contributed by atoms with van der Waals surface area (Å²) < 4.78 is 5.91. The number of non-ortho nitro benzene ring substituents is 1. The second kappa shape index (κ2) is 7.29. The van der Waals surface area contributed by atoms with Crippen molar-refractivity contribution in [3.05, 3.63) is 57.6 Å². The number of ether oxygens (including phenoxy) is 1. The summed E-state index contributed by atoms with van der Waals surface area (Å²) in [6.45, 7) is 2.53. The van der Waals surface area contributed by atoms with Gasteiger partial charge >= 0.3 is 0 Å². The summed E-state index contributed by atoms with van der Waals surface area (Å²) in [4.78, 5) is 11.7. The van der Waals surface area contributed by atoms with Crippen LogP contribution in [-0.2, 0) is 6.54 Å². The SMILES string of the molecule is CNCc1cc([N+](=O)[O-])ccc1Oc1ccc(SC)c(C)c1. The highest BCUT2D eigenvalue weighted by Gasteiger charge is 2.12. The molecule has 0 atom stereocenters. The molecule has 116 valence electrons. The lowest BCUT2D eigenvalue weighted by Crippen LogP contribution is -2.07. The zero-order valence-corrected chi connectivity index (χ0v) is 13.6. The first-order chi connectivity index (χ1) is 10.5. The summed E-state index contributed by atoms with van der Waals surface area (Å²) >= 11 is 1.69. The van der Waals surface area contributed by atoms with Crippen molar-refractivity contribution in [1.29, 1.82) is 0 Å². The van der Waals surface area contributed by atoms with Crippen LogP contribution in [0.2, 0.25) is 0 Å². The fraction of sp³-hybridized carbons (Fsp3) is 0.250. The highest BCUT2D eigenvalue weighted by Crippen LogP contribution is 2.31. The van der Waals surface area contributed by atoms with Crippen molar-refractivity contribution in [2.24, 2.45) is 0 Å². The maximum Gasteiger partial charge on any atom is 0.270 e. The number of rotatable bonds is 6. The summed E-state index contributed by atoms with van der Waals surface area (Å²) in [5.74, 6) is 1.35. The Kier molecular flexibility index (Phi) is 5.41. The molecule has 0 saturated carbocycles. The molecule has 0 heterocycles. The van der Waals surface area contributed by atoms with Crippen LogP contribution < -0.4 is 10.1 Å². The molecule has 1 N–H and O–H groups in total. The highest BCUT2D eigenvalue weighted by atomic mass is 32.2. The Morgan fingerprint density at radius 1 is 1.27 bits per heavy atom. The molecular weight excluding hydrogens is 300 g/mol. The summed E-state index contributed by atoms with van der Waals surface area (Å²) in [6, 6.07) is 10.5. The first-order valence-electron chi connectivity index (χ1n) is 6.79. The van der Waals surface area contributed by atoms with Crippen LogP contribution in [0.3, 0.4) is 0 Å². The Balaban J connectivity index is 2.31. The minimum Gasteiger partial charge on any atom is -0.457 e. The van der Waals surface area contributed by atoms with Crippen molar-refractivity contribution >= 4 is 17.4 Å². The third kappa shape index (κ3) is 3.78. The molecule has 22 heavy (non-hydrogen) atoms. The van der Waals surface area contributed by atoms with E-state index in [1.165, 1.54) is 17.0 Å². The zero-order chi connectivity index (χ0) is 16.1. The predicted octanol–water partition coefficient (Wildman–Crippen LogP) is 4.14. The molecule has 0 aliphatic carbocycles. The first-order valence-corrected chi connectivity index (χ1v) is 8.02. The molecule has 0 amide bonds. The number of benzene rings is 2. The van der Waals surface area contributed by atoms with Gasteiger partial charge in [-0.2, -0.15) is 0 Å². The first kappa shape index (κ1) is 16.3. The third-order valence-corrected chi connectivity index (χ3v) is 4.11. The van der Waals surface area contributed by atoms with Crippen LogP contribution in [0.5, 0.6) is 11.5 Å². The number of nitro benzene ring substituents is 1. The Hall–Kier alpha value is -2.05. The number of nitro groups is 1. The van der Waals surface area contributed by atoms with E-state index in [1.807, 2.05) is 31.4 Å². The standard InChI is InChI=1S/C16H18N2O3S/c1-11-8-14(5-7-16(11)22-3)21-15-6-4-13(18(19)20)9-12(15)10-17-2/h4-9,17H,10H2,1-3H3. The summed E-state index contributed by atoms with van der Waals surface area (Å²) in [6.07, 6.45) is 2.03. The lowest BCUT2D eigenvalue weighted by Gasteiger charge is -2.12. The van der Waals surface area contributed by atoms with E-state index in [2.05, 4.69) is 5.32 Å². The molecule has 0 aliphatic heterocycles.